The highest BCUT2D eigenvalue weighted by Crippen LogP contribution is 2.36. The molecule has 0 atom stereocenters. The molecule has 4 heteroatoms. The van der Waals surface area contributed by atoms with Gasteiger partial charge >= 0.3 is 0 Å². The second-order valence-electron chi connectivity index (χ2n) is 4.07. The van der Waals surface area contributed by atoms with Gasteiger partial charge in [0.2, 0.25) is 6.79 Å². The van der Waals surface area contributed by atoms with Crippen LogP contribution in [0.3, 0.4) is 0 Å². The summed E-state index contributed by atoms with van der Waals surface area (Å²) in [5.74, 6) is 1.49. The van der Waals surface area contributed by atoms with Crippen molar-refractivity contribution in [1.82, 2.24) is 4.98 Å². The summed E-state index contributed by atoms with van der Waals surface area (Å²) >= 11 is 0. The second kappa shape index (κ2) is 4.04. The van der Waals surface area contributed by atoms with E-state index in [1.807, 2.05) is 31.2 Å². The molecule has 0 saturated carbocycles. The van der Waals surface area contributed by atoms with Crippen LogP contribution in [0.15, 0.2) is 30.5 Å². The summed E-state index contributed by atoms with van der Waals surface area (Å²) in [7, 11) is 0. The van der Waals surface area contributed by atoms with E-state index in [0.29, 0.717) is 5.56 Å². The number of hydrogen-bond donors (Lipinski definition) is 0. The first-order chi connectivity index (χ1) is 8.78. The van der Waals surface area contributed by atoms with Gasteiger partial charge in [-0.1, -0.05) is 0 Å². The zero-order valence-electron chi connectivity index (χ0n) is 9.80. The molecule has 4 nitrogen and oxygen atoms in total. The van der Waals surface area contributed by atoms with Crippen LogP contribution in [0, 0.1) is 18.3 Å². The maximum Gasteiger partial charge on any atom is 0.231 e. The number of ether oxygens (including phenoxy) is 2. The quantitative estimate of drug-likeness (QED) is 0.766. The Kier molecular flexibility index (Phi) is 2.38. The number of pyridine rings is 1. The van der Waals surface area contributed by atoms with Crippen molar-refractivity contribution in [3.8, 4) is 28.8 Å². The molecule has 0 bridgehead atoms. The lowest BCUT2D eigenvalue weighted by molar-refractivity contribution is 0.174. The number of fused-ring (bicyclic) bond motifs is 1. The molecular weight excluding hydrogens is 228 g/mol. The molecule has 2 heterocycles. The zero-order chi connectivity index (χ0) is 12.5. The standard InChI is InChI=1S/C14H10N2O2/c1-9-4-10(6-15)7-16-14(9)11-2-3-12-13(5-11)18-8-17-12/h2-5,7H,8H2,1H3. The molecule has 0 spiro atoms. The van der Waals surface area contributed by atoms with Gasteiger partial charge in [-0.3, -0.25) is 4.98 Å². The van der Waals surface area contributed by atoms with Gasteiger partial charge in [-0.25, -0.2) is 0 Å². The van der Waals surface area contributed by atoms with Gasteiger partial charge in [0.25, 0.3) is 0 Å². The smallest absolute Gasteiger partial charge is 0.231 e. The number of aromatic nitrogens is 1. The fraction of sp³-hybridized carbons (Fsp3) is 0.143. The van der Waals surface area contributed by atoms with Gasteiger partial charge in [-0.2, -0.15) is 5.26 Å². The van der Waals surface area contributed by atoms with Crippen LogP contribution in [0.2, 0.25) is 0 Å². The lowest BCUT2D eigenvalue weighted by atomic mass is 10.0. The van der Waals surface area contributed by atoms with E-state index in [9.17, 15) is 0 Å². The van der Waals surface area contributed by atoms with E-state index in [4.69, 9.17) is 14.7 Å². The molecule has 0 amide bonds. The average molecular weight is 238 g/mol. The van der Waals surface area contributed by atoms with Crippen molar-refractivity contribution < 1.29 is 9.47 Å². The van der Waals surface area contributed by atoms with Crippen molar-refractivity contribution >= 4 is 0 Å². The second-order valence-corrected chi connectivity index (χ2v) is 4.07. The number of aryl methyl sites for hydroxylation is 1. The number of benzene rings is 1. The maximum absolute atomic E-state index is 8.82. The van der Waals surface area contributed by atoms with Crippen molar-refractivity contribution in [3.05, 3.63) is 41.6 Å². The highest BCUT2D eigenvalue weighted by molar-refractivity contribution is 5.67. The van der Waals surface area contributed by atoms with E-state index in [2.05, 4.69) is 11.1 Å². The Balaban J connectivity index is 2.08. The lowest BCUT2D eigenvalue weighted by Gasteiger charge is -2.06. The normalized spacial score (nSPS) is 12.2. The molecule has 1 aliphatic heterocycles. The third kappa shape index (κ3) is 1.66. The van der Waals surface area contributed by atoms with Gasteiger partial charge in [0.15, 0.2) is 11.5 Å². The Morgan fingerprint density at radius 3 is 2.83 bits per heavy atom. The molecule has 2 aromatic rings. The molecule has 3 rings (SSSR count). The van der Waals surface area contributed by atoms with E-state index in [1.165, 1.54) is 0 Å². The number of nitriles is 1. The molecule has 0 aliphatic carbocycles. The van der Waals surface area contributed by atoms with Crippen LogP contribution in [-0.4, -0.2) is 11.8 Å². The van der Waals surface area contributed by atoms with E-state index < -0.39 is 0 Å². The molecule has 0 N–H and O–H groups in total. The van der Waals surface area contributed by atoms with Crippen LogP contribution in [0.25, 0.3) is 11.3 Å². The van der Waals surface area contributed by atoms with Gasteiger partial charge in [0.1, 0.15) is 6.07 Å². The zero-order valence-corrected chi connectivity index (χ0v) is 9.80. The SMILES string of the molecule is Cc1cc(C#N)cnc1-c1ccc2c(c1)OCO2. The minimum atomic E-state index is 0.262. The van der Waals surface area contributed by atoms with Crippen molar-refractivity contribution in [1.29, 1.82) is 5.26 Å². The van der Waals surface area contributed by atoms with Crippen LogP contribution >= 0.6 is 0 Å². The Hall–Kier alpha value is -2.54. The maximum atomic E-state index is 8.82. The van der Waals surface area contributed by atoms with Crippen LogP contribution in [0.4, 0.5) is 0 Å². The van der Waals surface area contributed by atoms with E-state index in [-0.39, 0.29) is 6.79 Å². The van der Waals surface area contributed by atoms with Crippen molar-refractivity contribution in [2.24, 2.45) is 0 Å². The van der Waals surface area contributed by atoms with Crippen molar-refractivity contribution in [2.75, 3.05) is 6.79 Å². The van der Waals surface area contributed by atoms with E-state index >= 15 is 0 Å². The molecule has 0 fully saturated rings. The first-order valence-electron chi connectivity index (χ1n) is 5.55. The van der Waals surface area contributed by atoms with Crippen LogP contribution in [-0.2, 0) is 0 Å². The summed E-state index contributed by atoms with van der Waals surface area (Å²) in [6.07, 6.45) is 1.58. The predicted molar refractivity (Wildman–Crippen MR) is 65.2 cm³/mol. The van der Waals surface area contributed by atoms with Gasteiger partial charge in [-0.05, 0) is 36.8 Å². The summed E-state index contributed by atoms with van der Waals surface area (Å²) < 4.78 is 10.6. The van der Waals surface area contributed by atoms with Gasteiger partial charge in [-0.15, -0.1) is 0 Å². The molecule has 1 aromatic carbocycles. The minimum Gasteiger partial charge on any atom is -0.454 e. The van der Waals surface area contributed by atoms with Gasteiger partial charge in [0.05, 0.1) is 11.3 Å². The fourth-order valence-electron chi connectivity index (χ4n) is 1.98. The largest absolute Gasteiger partial charge is 0.454 e. The van der Waals surface area contributed by atoms with E-state index in [0.717, 1.165) is 28.3 Å². The Bertz CT molecular complexity index is 659. The van der Waals surface area contributed by atoms with E-state index in [1.54, 1.807) is 6.20 Å². The fourth-order valence-corrected chi connectivity index (χ4v) is 1.98. The molecule has 88 valence electrons. The molecule has 0 radical (unpaired) electrons. The number of rotatable bonds is 1. The topological polar surface area (TPSA) is 55.1 Å². The summed E-state index contributed by atoms with van der Waals surface area (Å²) in [4.78, 5) is 4.33. The van der Waals surface area contributed by atoms with Gasteiger partial charge in [0, 0.05) is 11.8 Å². The monoisotopic (exact) mass is 238 g/mol. The minimum absolute atomic E-state index is 0.262. The summed E-state index contributed by atoms with van der Waals surface area (Å²) in [6, 6.07) is 9.63. The number of hydrogen-bond acceptors (Lipinski definition) is 4. The summed E-state index contributed by atoms with van der Waals surface area (Å²) in [6.45, 7) is 2.20. The van der Waals surface area contributed by atoms with Crippen LogP contribution < -0.4 is 9.47 Å². The van der Waals surface area contributed by atoms with Gasteiger partial charge < -0.3 is 9.47 Å². The highest BCUT2D eigenvalue weighted by Gasteiger charge is 2.15. The molecule has 18 heavy (non-hydrogen) atoms. The number of nitrogens with zero attached hydrogens (tertiary/aromatic N) is 2. The molecular formula is C14H10N2O2. The Morgan fingerprint density at radius 2 is 2.06 bits per heavy atom. The highest BCUT2D eigenvalue weighted by atomic mass is 16.7. The molecule has 0 saturated heterocycles. The lowest BCUT2D eigenvalue weighted by Crippen LogP contribution is -1.93. The van der Waals surface area contributed by atoms with Crippen LogP contribution in [0.5, 0.6) is 11.5 Å². The third-order valence-electron chi connectivity index (χ3n) is 2.85. The summed E-state index contributed by atoms with van der Waals surface area (Å²) in [5, 5.41) is 8.82. The Morgan fingerprint density at radius 1 is 1.22 bits per heavy atom. The molecule has 1 aromatic heterocycles. The van der Waals surface area contributed by atoms with Crippen molar-refractivity contribution in [3.63, 3.8) is 0 Å². The van der Waals surface area contributed by atoms with Crippen molar-refractivity contribution in [2.45, 2.75) is 6.92 Å². The summed E-state index contributed by atoms with van der Waals surface area (Å²) in [5.41, 5.74) is 3.35. The first kappa shape index (κ1) is 10.6. The third-order valence-corrected chi connectivity index (χ3v) is 2.85. The molecule has 1 aliphatic rings. The average Bonchev–Trinajstić information content (AvgIpc) is 2.85. The molecule has 0 unspecified atom stereocenters. The Labute approximate surface area is 104 Å². The first-order valence-corrected chi connectivity index (χ1v) is 5.55. The predicted octanol–water partition coefficient (Wildman–Crippen LogP) is 2.66. The van der Waals surface area contributed by atoms with Crippen LogP contribution in [0.1, 0.15) is 11.1 Å².